The van der Waals surface area contributed by atoms with Gasteiger partial charge < -0.3 is 4.74 Å². The summed E-state index contributed by atoms with van der Waals surface area (Å²) in [6, 6.07) is 0. The van der Waals surface area contributed by atoms with Crippen molar-refractivity contribution in [2.24, 2.45) is 29.6 Å². The van der Waals surface area contributed by atoms with Crippen LogP contribution in [0.25, 0.3) is 0 Å². The Bertz CT molecular complexity index is 232. The fourth-order valence-electron chi connectivity index (χ4n) is 3.88. The topological polar surface area (TPSA) is 26.3 Å². The lowest BCUT2D eigenvalue weighted by atomic mass is 10.0. The summed E-state index contributed by atoms with van der Waals surface area (Å²) < 4.78 is 5.09. The van der Waals surface area contributed by atoms with E-state index < -0.39 is 0 Å². The molecule has 0 radical (unpaired) electrons. The third-order valence-corrected chi connectivity index (χ3v) is 4.29. The van der Waals surface area contributed by atoms with E-state index in [1.165, 1.54) is 19.3 Å². The quantitative estimate of drug-likeness (QED) is 0.606. The average molecular weight is 180 g/mol. The molecule has 0 heterocycles. The van der Waals surface area contributed by atoms with Gasteiger partial charge in [-0.15, -0.1) is 0 Å². The summed E-state index contributed by atoms with van der Waals surface area (Å²) in [5.41, 5.74) is 0. The van der Waals surface area contributed by atoms with Gasteiger partial charge in [-0.1, -0.05) is 0 Å². The first-order valence-corrected chi connectivity index (χ1v) is 5.49. The van der Waals surface area contributed by atoms with Crippen molar-refractivity contribution in [3.05, 3.63) is 0 Å². The predicted octanol–water partition coefficient (Wildman–Crippen LogP) is 1.84. The minimum Gasteiger partial charge on any atom is -0.466 e. The highest BCUT2D eigenvalue weighted by atomic mass is 16.5. The first kappa shape index (κ1) is 7.84. The summed E-state index contributed by atoms with van der Waals surface area (Å²) in [5, 5.41) is 0. The smallest absolute Gasteiger partial charge is 0.309 e. The van der Waals surface area contributed by atoms with E-state index >= 15 is 0 Å². The summed E-state index contributed by atoms with van der Waals surface area (Å²) in [4.78, 5) is 11.5. The Morgan fingerprint density at radius 2 is 1.92 bits per heavy atom. The van der Waals surface area contributed by atoms with Gasteiger partial charge in [-0.05, 0) is 49.9 Å². The van der Waals surface area contributed by atoms with Crippen LogP contribution in [0.1, 0.15) is 26.2 Å². The molecule has 0 saturated heterocycles. The third-order valence-electron chi connectivity index (χ3n) is 4.29. The van der Waals surface area contributed by atoms with Gasteiger partial charge in [0.25, 0.3) is 0 Å². The van der Waals surface area contributed by atoms with E-state index in [-0.39, 0.29) is 5.97 Å². The van der Waals surface area contributed by atoms with E-state index in [0.29, 0.717) is 12.5 Å². The maximum atomic E-state index is 11.5. The highest BCUT2D eigenvalue weighted by Gasteiger charge is 2.68. The first-order valence-electron chi connectivity index (χ1n) is 5.49. The van der Waals surface area contributed by atoms with Crippen molar-refractivity contribution in [2.45, 2.75) is 26.2 Å². The zero-order chi connectivity index (χ0) is 9.00. The van der Waals surface area contributed by atoms with E-state index in [9.17, 15) is 4.79 Å². The van der Waals surface area contributed by atoms with Crippen molar-refractivity contribution in [3.63, 3.8) is 0 Å². The van der Waals surface area contributed by atoms with Crippen LogP contribution in [-0.2, 0) is 9.53 Å². The van der Waals surface area contributed by atoms with Gasteiger partial charge in [0.1, 0.15) is 0 Å². The lowest BCUT2D eigenvalue weighted by Crippen LogP contribution is -2.12. The molecule has 13 heavy (non-hydrogen) atoms. The van der Waals surface area contributed by atoms with Gasteiger partial charge in [0, 0.05) is 0 Å². The molecule has 3 saturated carbocycles. The second kappa shape index (κ2) is 2.49. The predicted molar refractivity (Wildman–Crippen MR) is 47.9 cm³/mol. The Balaban J connectivity index is 1.69. The molecule has 2 bridgehead atoms. The van der Waals surface area contributed by atoms with Crippen LogP contribution in [0.15, 0.2) is 0 Å². The van der Waals surface area contributed by atoms with Crippen molar-refractivity contribution in [1.29, 1.82) is 0 Å². The summed E-state index contributed by atoms with van der Waals surface area (Å²) in [7, 11) is 0. The molecular weight excluding hydrogens is 164 g/mol. The van der Waals surface area contributed by atoms with Crippen LogP contribution < -0.4 is 0 Å². The van der Waals surface area contributed by atoms with Crippen LogP contribution in [0, 0.1) is 29.6 Å². The second-order valence-corrected chi connectivity index (χ2v) is 4.77. The highest BCUT2D eigenvalue weighted by molar-refractivity contribution is 5.77. The molecule has 0 aromatic heterocycles. The molecule has 0 aromatic carbocycles. The summed E-state index contributed by atoms with van der Waals surface area (Å²) in [6.07, 6.45) is 4.16. The maximum absolute atomic E-state index is 11.5. The number of hydrogen-bond acceptors (Lipinski definition) is 2. The molecular formula is C11H16O2. The van der Waals surface area contributed by atoms with Gasteiger partial charge >= 0.3 is 5.97 Å². The van der Waals surface area contributed by atoms with Crippen molar-refractivity contribution >= 4 is 5.97 Å². The Labute approximate surface area is 78.6 Å². The molecule has 3 rings (SSSR count). The molecule has 5 atom stereocenters. The van der Waals surface area contributed by atoms with E-state index in [2.05, 4.69) is 0 Å². The van der Waals surface area contributed by atoms with Gasteiger partial charge in [0.05, 0.1) is 12.5 Å². The fraction of sp³-hybridized carbons (Fsp3) is 0.909. The molecule has 3 aliphatic rings. The number of hydrogen-bond donors (Lipinski definition) is 0. The van der Waals surface area contributed by atoms with E-state index in [1.807, 2.05) is 6.92 Å². The zero-order valence-corrected chi connectivity index (χ0v) is 8.03. The maximum Gasteiger partial charge on any atom is 0.309 e. The molecule has 0 aliphatic heterocycles. The Kier molecular flexibility index (Phi) is 1.50. The molecule has 72 valence electrons. The largest absolute Gasteiger partial charge is 0.466 e. The number of carbonyl (C=O) groups is 1. The van der Waals surface area contributed by atoms with Gasteiger partial charge in [0.15, 0.2) is 0 Å². The molecule has 2 heteroatoms. The summed E-state index contributed by atoms with van der Waals surface area (Å²) in [5.74, 6) is 3.63. The average Bonchev–Trinajstić information content (AvgIpc) is 2.57. The number of carbonyl (C=O) groups excluding carboxylic acids is 1. The van der Waals surface area contributed by atoms with Crippen LogP contribution in [0.5, 0.6) is 0 Å². The van der Waals surface area contributed by atoms with Crippen molar-refractivity contribution in [3.8, 4) is 0 Å². The SMILES string of the molecule is CCOC(=O)C1[C@@H]2[C@H]3CC[C@H](C3)[C@H]12. The lowest BCUT2D eigenvalue weighted by Gasteiger charge is -2.07. The first-order chi connectivity index (χ1) is 6.33. The second-order valence-electron chi connectivity index (χ2n) is 4.77. The number of fused-ring (bicyclic) bond motifs is 5. The monoisotopic (exact) mass is 180 g/mol. The van der Waals surface area contributed by atoms with Gasteiger partial charge in [-0.3, -0.25) is 4.79 Å². The normalized spacial score (nSPS) is 50.4. The van der Waals surface area contributed by atoms with Crippen molar-refractivity contribution in [2.75, 3.05) is 6.61 Å². The van der Waals surface area contributed by atoms with Crippen LogP contribution >= 0.6 is 0 Å². The molecule has 3 fully saturated rings. The molecule has 3 aliphatic carbocycles. The van der Waals surface area contributed by atoms with E-state index in [0.717, 1.165) is 23.7 Å². The van der Waals surface area contributed by atoms with Crippen LogP contribution in [0.4, 0.5) is 0 Å². The minimum absolute atomic E-state index is 0.0918. The van der Waals surface area contributed by atoms with E-state index in [4.69, 9.17) is 4.74 Å². The Hall–Kier alpha value is -0.530. The summed E-state index contributed by atoms with van der Waals surface area (Å²) in [6.45, 7) is 2.44. The zero-order valence-electron chi connectivity index (χ0n) is 8.03. The number of rotatable bonds is 2. The molecule has 0 N–H and O–H groups in total. The number of esters is 1. The molecule has 0 aromatic rings. The minimum atomic E-state index is 0.0918. The van der Waals surface area contributed by atoms with Crippen LogP contribution in [0.3, 0.4) is 0 Å². The number of ether oxygens (including phenoxy) is 1. The van der Waals surface area contributed by atoms with Crippen molar-refractivity contribution < 1.29 is 9.53 Å². The van der Waals surface area contributed by atoms with Gasteiger partial charge in [-0.25, -0.2) is 0 Å². The molecule has 0 spiro atoms. The lowest BCUT2D eigenvalue weighted by molar-refractivity contribution is -0.145. The fourth-order valence-corrected chi connectivity index (χ4v) is 3.88. The third kappa shape index (κ3) is 0.918. The standard InChI is InChI=1S/C11H16O2/c1-2-13-11(12)10-8-6-3-4-7(5-6)9(8)10/h6-10H,2-5H2,1H3/t6-,7+,8+,9-,10?. The van der Waals surface area contributed by atoms with Crippen molar-refractivity contribution in [1.82, 2.24) is 0 Å². The Morgan fingerprint density at radius 3 is 2.46 bits per heavy atom. The Morgan fingerprint density at radius 1 is 1.31 bits per heavy atom. The van der Waals surface area contributed by atoms with Crippen LogP contribution in [0.2, 0.25) is 0 Å². The van der Waals surface area contributed by atoms with Gasteiger partial charge in [0.2, 0.25) is 0 Å². The summed E-state index contributed by atoms with van der Waals surface area (Å²) >= 11 is 0. The van der Waals surface area contributed by atoms with Gasteiger partial charge in [-0.2, -0.15) is 0 Å². The molecule has 0 amide bonds. The molecule has 1 unspecified atom stereocenters. The molecule has 2 nitrogen and oxygen atoms in total. The van der Waals surface area contributed by atoms with E-state index in [1.54, 1.807) is 0 Å². The highest BCUT2D eigenvalue weighted by Crippen LogP contribution is 2.69. The van der Waals surface area contributed by atoms with Crippen LogP contribution in [-0.4, -0.2) is 12.6 Å².